The number of nitrogens with one attached hydrogen (secondary N) is 1. The Kier molecular flexibility index (Phi) is 5.36. The quantitative estimate of drug-likeness (QED) is 0.593. The second kappa shape index (κ2) is 7.04. The maximum absolute atomic E-state index is 5.52. The highest BCUT2D eigenvalue weighted by Gasteiger charge is 2.35. The molecule has 0 atom stereocenters. The molecule has 6 heteroatoms. The lowest BCUT2D eigenvalue weighted by molar-refractivity contribution is 0.128. The summed E-state index contributed by atoms with van der Waals surface area (Å²) in [5.41, 5.74) is 3.04. The van der Waals surface area contributed by atoms with Crippen LogP contribution in [0.1, 0.15) is 45.9 Å². The summed E-state index contributed by atoms with van der Waals surface area (Å²) in [5, 5.41) is 0. The number of hydrogen-bond acceptors (Lipinski definition) is 6. The van der Waals surface area contributed by atoms with Crippen LogP contribution >= 0.6 is 0 Å². The summed E-state index contributed by atoms with van der Waals surface area (Å²) in [6, 6.07) is 1.91. The summed E-state index contributed by atoms with van der Waals surface area (Å²) < 4.78 is 5.41. The van der Waals surface area contributed by atoms with E-state index in [-0.39, 0.29) is 0 Å². The molecule has 0 spiro atoms. The van der Waals surface area contributed by atoms with E-state index in [1.807, 2.05) is 13.0 Å². The average molecular weight is 293 g/mol. The summed E-state index contributed by atoms with van der Waals surface area (Å²) in [4.78, 5) is 11.3. The lowest BCUT2D eigenvalue weighted by Crippen LogP contribution is -2.27. The van der Waals surface area contributed by atoms with E-state index in [2.05, 4.69) is 34.1 Å². The zero-order valence-electron chi connectivity index (χ0n) is 13.4. The predicted octanol–water partition coefficient (Wildman–Crippen LogP) is 2.32. The second-order valence-corrected chi connectivity index (χ2v) is 5.69. The molecule has 0 amide bonds. The maximum atomic E-state index is 5.52. The molecule has 1 aliphatic rings. The number of nitrogens with zero attached hydrogens (tertiary/aromatic N) is 3. The summed E-state index contributed by atoms with van der Waals surface area (Å²) in [7, 11) is 0. The van der Waals surface area contributed by atoms with Crippen LogP contribution in [0.5, 0.6) is 0 Å². The monoisotopic (exact) mass is 293 g/mol. The van der Waals surface area contributed by atoms with Gasteiger partial charge in [-0.25, -0.2) is 15.8 Å². The van der Waals surface area contributed by atoms with E-state index in [4.69, 9.17) is 10.6 Å². The summed E-state index contributed by atoms with van der Waals surface area (Å²) in [6.45, 7) is 9.67. The smallest absolute Gasteiger partial charge is 0.158 e. The second-order valence-electron chi connectivity index (χ2n) is 5.69. The number of hydrazine groups is 1. The van der Waals surface area contributed by atoms with Crippen molar-refractivity contribution in [2.24, 2.45) is 11.3 Å². The minimum absolute atomic E-state index is 0.416. The number of rotatable bonds is 7. The van der Waals surface area contributed by atoms with Gasteiger partial charge in [0.05, 0.1) is 0 Å². The number of hydrogen-bond donors (Lipinski definition) is 2. The molecule has 0 radical (unpaired) electrons. The van der Waals surface area contributed by atoms with Crippen molar-refractivity contribution in [1.82, 2.24) is 9.97 Å². The Labute approximate surface area is 127 Å². The highest BCUT2D eigenvalue weighted by Crippen LogP contribution is 2.38. The van der Waals surface area contributed by atoms with Crippen molar-refractivity contribution in [3.8, 4) is 0 Å². The van der Waals surface area contributed by atoms with Crippen molar-refractivity contribution in [3.63, 3.8) is 0 Å². The van der Waals surface area contributed by atoms with Gasteiger partial charge in [-0.05, 0) is 31.6 Å². The number of nitrogen functional groups attached to an aromatic ring is 1. The molecule has 2 heterocycles. The van der Waals surface area contributed by atoms with E-state index in [0.29, 0.717) is 30.3 Å². The highest BCUT2D eigenvalue weighted by atomic mass is 16.5. The Morgan fingerprint density at radius 2 is 2.10 bits per heavy atom. The number of ether oxygens (including phenoxy) is 1. The minimum Gasteiger partial charge on any atom is -0.374 e. The van der Waals surface area contributed by atoms with Crippen LogP contribution in [0.25, 0.3) is 0 Å². The van der Waals surface area contributed by atoms with Crippen LogP contribution in [-0.2, 0) is 11.3 Å². The zero-order valence-corrected chi connectivity index (χ0v) is 13.4. The first-order chi connectivity index (χ1) is 10.2. The molecule has 1 aromatic heterocycles. The van der Waals surface area contributed by atoms with Gasteiger partial charge < -0.3 is 15.1 Å². The summed E-state index contributed by atoms with van der Waals surface area (Å²) in [6.07, 6.45) is 3.63. The van der Waals surface area contributed by atoms with Crippen LogP contribution in [0, 0.1) is 5.41 Å². The minimum atomic E-state index is 0.416. The fourth-order valence-electron chi connectivity index (χ4n) is 2.93. The maximum Gasteiger partial charge on any atom is 0.158 e. The van der Waals surface area contributed by atoms with Gasteiger partial charge in [-0.1, -0.05) is 13.8 Å². The zero-order chi connectivity index (χ0) is 15.3. The third kappa shape index (κ3) is 3.63. The van der Waals surface area contributed by atoms with Gasteiger partial charge in [-0.2, -0.15) is 0 Å². The van der Waals surface area contributed by atoms with Crippen LogP contribution in [-0.4, -0.2) is 29.7 Å². The van der Waals surface area contributed by atoms with Gasteiger partial charge in [0, 0.05) is 25.8 Å². The van der Waals surface area contributed by atoms with Crippen LogP contribution < -0.4 is 16.2 Å². The van der Waals surface area contributed by atoms with E-state index in [1.165, 1.54) is 19.3 Å². The fraction of sp³-hybridized carbons (Fsp3) is 0.733. The molecule has 1 aliphatic heterocycles. The Morgan fingerprint density at radius 3 is 2.67 bits per heavy atom. The molecule has 21 heavy (non-hydrogen) atoms. The summed E-state index contributed by atoms with van der Waals surface area (Å²) in [5.74, 6) is 7.78. The van der Waals surface area contributed by atoms with E-state index < -0.39 is 0 Å². The van der Waals surface area contributed by atoms with E-state index in [1.54, 1.807) is 0 Å². The normalized spacial score (nSPS) is 17.2. The molecule has 0 saturated carbocycles. The third-order valence-electron chi connectivity index (χ3n) is 4.60. The first-order valence-electron chi connectivity index (χ1n) is 7.83. The van der Waals surface area contributed by atoms with Gasteiger partial charge in [0.1, 0.15) is 18.2 Å². The molecule has 2 rings (SSSR count). The topological polar surface area (TPSA) is 76.3 Å². The van der Waals surface area contributed by atoms with Crippen LogP contribution in [0.2, 0.25) is 0 Å². The average Bonchev–Trinajstić information content (AvgIpc) is 2.98. The van der Waals surface area contributed by atoms with E-state index >= 15 is 0 Å². The molecule has 0 unspecified atom stereocenters. The van der Waals surface area contributed by atoms with Crippen LogP contribution in [0.4, 0.5) is 11.6 Å². The molecule has 1 fully saturated rings. The molecular weight excluding hydrogens is 266 g/mol. The molecule has 1 aromatic rings. The van der Waals surface area contributed by atoms with Gasteiger partial charge in [0.25, 0.3) is 0 Å². The lowest BCUT2D eigenvalue weighted by Gasteiger charge is -2.27. The highest BCUT2D eigenvalue weighted by molar-refractivity contribution is 5.49. The van der Waals surface area contributed by atoms with E-state index in [9.17, 15) is 0 Å². The van der Waals surface area contributed by atoms with Crippen LogP contribution in [0.15, 0.2) is 6.07 Å². The number of nitrogens with two attached hydrogens (primary N) is 1. The lowest BCUT2D eigenvalue weighted by atomic mass is 9.82. The van der Waals surface area contributed by atoms with Gasteiger partial charge >= 0.3 is 0 Å². The Bertz CT molecular complexity index is 461. The van der Waals surface area contributed by atoms with Gasteiger partial charge in [-0.3, -0.25) is 0 Å². The molecular formula is C15H27N5O. The molecule has 6 nitrogen and oxygen atoms in total. The van der Waals surface area contributed by atoms with Crippen molar-refractivity contribution >= 4 is 11.6 Å². The molecule has 0 bridgehead atoms. The van der Waals surface area contributed by atoms with Crippen molar-refractivity contribution < 1.29 is 4.74 Å². The third-order valence-corrected chi connectivity index (χ3v) is 4.60. The number of anilines is 2. The molecule has 3 N–H and O–H groups in total. The molecule has 118 valence electrons. The van der Waals surface area contributed by atoms with Crippen molar-refractivity contribution in [1.29, 1.82) is 0 Å². The molecule has 1 saturated heterocycles. The number of aromatic nitrogens is 2. The molecule has 0 aliphatic carbocycles. The molecule has 0 aromatic carbocycles. The van der Waals surface area contributed by atoms with Crippen molar-refractivity contribution in [2.45, 2.75) is 46.6 Å². The Balaban J connectivity index is 2.19. The standard InChI is InChI=1S/C15H27N5O/c1-4-15(5-2)7-8-20(11-15)14-9-12(19-16)17-13(18-14)10-21-6-3/h9H,4-8,10-11,16H2,1-3H3,(H,17,18,19). The Hall–Kier alpha value is -1.40. The van der Waals surface area contributed by atoms with Gasteiger partial charge in [-0.15, -0.1) is 0 Å². The van der Waals surface area contributed by atoms with Gasteiger partial charge in [0.15, 0.2) is 5.82 Å². The first kappa shape index (κ1) is 16.0. The SMILES string of the molecule is CCOCc1nc(NN)cc(N2CCC(CC)(CC)C2)n1. The Morgan fingerprint density at radius 1 is 1.33 bits per heavy atom. The largest absolute Gasteiger partial charge is 0.374 e. The predicted molar refractivity (Wildman–Crippen MR) is 85.0 cm³/mol. The van der Waals surface area contributed by atoms with Crippen LogP contribution in [0.3, 0.4) is 0 Å². The summed E-state index contributed by atoms with van der Waals surface area (Å²) >= 11 is 0. The van der Waals surface area contributed by atoms with Crippen molar-refractivity contribution in [3.05, 3.63) is 11.9 Å². The first-order valence-corrected chi connectivity index (χ1v) is 7.83. The van der Waals surface area contributed by atoms with E-state index in [0.717, 1.165) is 18.9 Å². The fourth-order valence-corrected chi connectivity index (χ4v) is 2.93. The van der Waals surface area contributed by atoms with Gasteiger partial charge in [0.2, 0.25) is 0 Å². The van der Waals surface area contributed by atoms with Crippen molar-refractivity contribution in [2.75, 3.05) is 30.0 Å².